The lowest BCUT2D eigenvalue weighted by molar-refractivity contribution is 0.0652. The van der Waals surface area contributed by atoms with Crippen molar-refractivity contribution in [3.63, 3.8) is 0 Å². The number of piperidine rings is 1. The van der Waals surface area contributed by atoms with E-state index >= 15 is 0 Å². The Morgan fingerprint density at radius 2 is 2.19 bits per heavy atom. The Morgan fingerprint density at radius 1 is 1.35 bits per heavy atom. The van der Waals surface area contributed by atoms with Crippen LogP contribution in [-0.2, 0) is 0 Å². The van der Waals surface area contributed by atoms with Crippen molar-refractivity contribution in [3.8, 4) is 0 Å². The van der Waals surface area contributed by atoms with Crippen molar-refractivity contribution in [3.05, 3.63) is 47.3 Å². The quantitative estimate of drug-likeness (QED) is 0.668. The zero-order chi connectivity index (χ0) is 18.3. The Morgan fingerprint density at radius 3 is 2.96 bits per heavy atom. The first kappa shape index (κ1) is 16.3. The van der Waals surface area contributed by atoms with Crippen molar-refractivity contribution in [1.82, 2.24) is 24.8 Å². The molecule has 1 fully saturated rings. The third-order valence-electron chi connectivity index (χ3n) is 4.88. The first-order valence-corrected chi connectivity index (χ1v) is 8.55. The fourth-order valence-electron chi connectivity index (χ4n) is 3.54. The van der Waals surface area contributed by atoms with Gasteiger partial charge in [0.05, 0.1) is 17.4 Å². The first-order chi connectivity index (χ1) is 12.5. The van der Waals surface area contributed by atoms with Crippen LogP contribution in [0.15, 0.2) is 24.5 Å². The molecule has 1 aliphatic heterocycles. The van der Waals surface area contributed by atoms with E-state index in [1.807, 2.05) is 25.1 Å². The molecule has 1 unspecified atom stereocenters. The van der Waals surface area contributed by atoms with E-state index in [2.05, 4.69) is 15.0 Å². The van der Waals surface area contributed by atoms with Gasteiger partial charge >= 0.3 is 5.97 Å². The number of fused-ring (bicyclic) bond motifs is 1. The smallest absolute Gasteiger partial charge is 0.354 e. The lowest BCUT2D eigenvalue weighted by Gasteiger charge is -2.31. The number of aromatic nitrogens is 4. The summed E-state index contributed by atoms with van der Waals surface area (Å²) in [6, 6.07) is 6.00. The number of hydrogen-bond acceptors (Lipinski definition) is 4. The van der Waals surface area contributed by atoms with E-state index in [9.17, 15) is 14.7 Å². The number of aromatic amines is 2. The number of benzene rings is 1. The summed E-state index contributed by atoms with van der Waals surface area (Å²) in [6.45, 7) is 3.10. The van der Waals surface area contributed by atoms with E-state index in [4.69, 9.17) is 4.98 Å². The van der Waals surface area contributed by atoms with Gasteiger partial charge in [0.1, 0.15) is 5.82 Å². The van der Waals surface area contributed by atoms with Gasteiger partial charge in [0, 0.05) is 19.0 Å². The lowest BCUT2D eigenvalue weighted by atomic mass is 9.97. The highest BCUT2D eigenvalue weighted by atomic mass is 16.4. The number of para-hydroxylation sites is 1. The Labute approximate surface area is 149 Å². The number of rotatable bonds is 3. The maximum Gasteiger partial charge on any atom is 0.354 e. The predicted molar refractivity (Wildman–Crippen MR) is 94.3 cm³/mol. The van der Waals surface area contributed by atoms with E-state index in [0.717, 1.165) is 35.3 Å². The van der Waals surface area contributed by atoms with Gasteiger partial charge in [-0.3, -0.25) is 4.79 Å². The molecule has 134 valence electrons. The van der Waals surface area contributed by atoms with Gasteiger partial charge in [0.2, 0.25) is 0 Å². The van der Waals surface area contributed by atoms with Crippen molar-refractivity contribution in [2.75, 3.05) is 13.1 Å². The highest BCUT2D eigenvalue weighted by molar-refractivity contribution is 6.02. The minimum atomic E-state index is -1.19. The van der Waals surface area contributed by atoms with Gasteiger partial charge in [-0.2, -0.15) is 0 Å². The molecule has 3 heterocycles. The molecule has 4 rings (SSSR count). The summed E-state index contributed by atoms with van der Waals surface area (Å²) < 4.78 is 0. The lowest BCUT2D eigenvalue weighted by Crippen LogP contribution is -2.40. The summed E-state index contributed by atoms with van der Waals surface area (Å²) in [5.74, 6) is -0.591. The number of nitrogens with zero attached hydrogens (tertiary/aromatic N) is 3. The van der Waals surface area contributed by atoms with Crippen LogP contribution in [0.2, 0.25) is 0 Å². The third kappa shape index (κ3) is 2.73. The highest BCUT2D eigenvalue weighted by Crippen LogP contribution is 2.28. The van der Waals surface area contributed by atoms with Gasteiger partial charge in [-0.25, -0.2) is 14.8 Å². The van der Waals surface area contributed by atoms with Crippen LogP contribution in [0.25, 0.3) is 11.0 Å². The van der Waals surface area contributed by atoms with Gasteiger partial charge < -0.3 is 20.0 Å². The summed E-state index contributed by atoms with van der Waals surface area (Å²) >= 11 is 0. The van der Waals surface area contributed by atoms with Crippen LogP contribution in [0.4, 0.5) is 0 Å². The standard InChI is InChI=1S/C18H19N5O3/c1-10-4-2-6-12-13(10)22-16(21-12)11-5-3-7-23(8-11)17(24)14-15(18(25)26)20-9-19-14/h2,4,6,9,11H,3,5,7-8H2,1H3,(H,19,20)(H,21,22)(H,25,26). The minimum absolute atomic E-state index is 0.0430. The molecule has 1 amide bonds. The molecular formula is C18H19N5O3. The summed E-state index contributed by atoms with van der Waals surface area (Å²) in [6.07, 6.45) is 2.99. The first-order valence-electron chi connectivity index (χ1n) is 8.55. The number of nitrogens with one attached hydrogen (secondary N) is 2. The summed E-state index contributed by atoms with van der Waals surface area (Å²) in [5.41, 5.74) is 2.83. The summed E-state index contributed by atoms with van der Waals surface area (Å²) in [4.78, 5) is 40.1. The molecular weight excluding hydrogens is 334 g/mol. The zero-order valence-corrected chi connectivity index (χ0v) is 14.3. The molecule has 3 aromatic rings. The SMILES string of the molecule is Cc1cccc2[nH]c(C3CCCN(C(=O)c4nc[nH]c4C(=O)O)C3)nc12. The molecule has 8 heteroatoms. The summed E-state index contributed by atoms with van der Waals surface area (Å²) in [5, 5.41) is 9.18. The normalized spacial score (nSPS) is 17.6. The van der Waals surface area contributed by atoms with E-state index in [0.29, 0.717) is 13.1 Å². The van der Waals surface area contributed by atoms with Crippen molar-refractivity contribution in [1.29, 1.82) is 0 Å². The molecule has 1 atom stereocenters. The van der Waals surface area contributed by atoms with E-state index in [1.54, 1.807) is 4.90 Å². The van der Waals surface area contributed by atoms with Crippen molar-refractivity contribution in [2.45, 2.75) is 25.7 Å². The molecule has 26 heavy (non-hydrogen) atoms. The van der Waals surface area contributed by atoms with Crippen LogP contribution >= 0.6 is 0 Å². The molecule has 0 spiro atoms. The largest absolute Gasteiger partial charge is 0.477 e. The number of H-pyrrole nitrogens is 2. The topological polar surface area (TPSA) is 115 Å². The maximum atomic E-state index is 12.7. The Bertz CT molecular complexity index is 990. The number of carbonyl (C=O) groups is 2. The van der Waals surface area contributed by atoms with E-state index in [-0.39, 0.29) is 23.2 Å². The number of carbonyl (C=O) groups excluding carboxylic acids is 1. The number of hydrogen-bond donors (Lipinski definition) is 3. The van der Waals surface area contributed by atoms with Crippen LogP contribution < -0.4 is 0 Å². The Hall–Kier alpha value is -3.16. The average molecular weight is 353 g/mol. The van der Waals surface area contributed by atoms with Gasteiger partial charge in [-0.05, 0) is 31.4 Å². The molecule has 0 saturated carbocycles. The van der Waals surface area contributed by atoms with Crippen LogP contribution in [0.3, 0.4) is 0 Å². The monoisotopic (exact) mass is 353 g/mol. The number of carboxylic acid groups (broad SMARTS) is 1. The van der Waals surface area contributed by atoms with Crippen LogP contribution in [0.5, 0.6) is 0 Å². The molecule has 8 nitrogen and oxygen atoms in total. The number of carboxylic acids is 1. The minimum Gasteiger partial charge on any atom is -0.477 e. The number of likely N-dealkylation sites (tertiary alicyclic amines) is 1. The number of aryl methyl sites for hydroxylation is 1. The number of aromatic carboxylic acids is 1. The average Bonchev–Trinajstić information content (AvgIpc) is 3.29. The molecule has 0 bridgehead atoms. The molecule has 0 radical (unpaired) electrons. The van der Waals surface area contributed by atoms with Crippen LogP contribution in [0.1, 0.15) is 51.1 Å². The molecule has 1 saturated heterocycles. The molecule has 2 aromatic heterocycles. The van der Waals surface area contributed by atoms with Crippen molar-refractivity contribution < 1.29 is 14.7 Å². The zero-order valence-electron chi connectivity index (χ0n) is 14.3. The molecule has 1 aliphatic rings. The van der Waals surface area contributed by atoms with Crippen molar-refractivity contribution in [2.24, 2.45) is 0 Å². The molecule has 1 aromatic carbocycles. The highest BCUT2D eigenvalue weighted by Gasteiger charge is 2.30. The maximum absolute atomic E-state index is 12.7. The molecule has 3 N–H and O–H groups in total. The predicted octanol–water partition coefficient (Wildman–Crippen LogP) is 2.31. The number of amides is 1. The van der Waals surface area contributed by atoms with Gasteiger partial charge in [-0.1, -0.05) is 12.1 Å². The van der Waals surface area contributed by atoms with Gasteiger partial charge in [0.15, 0.2) is 11.4 Å². The Kier molecular flexibility index (Phi) is 3.95. The van der Waals surface area contributed by atoms with Crippen LogP contribution in [0, 0.1) is 6.92 Å². The fourth-order valence-corrected chi connectivity index (χ4v) is 3.54. The molecule has 0 aliphatic carbocycles. The fraction of sp³-hybridized carbons (Fsp3) is 0.333. The van der Waals surface area contributed by atoms with E-state index < -0.39 is 5.97 Å². The van der Waals surface area contributed by atoms with Crippen LogP contribution in [-0.4, -0.2) is 54.9 Å². The second kappa shape index (κ2) is 6.29. The second-order valence-corrected chi connectivity index (χ2v) is 6.61. The van der Waals surface area contributed by atoms with Crippen molar-refractivity contribution >= 4 is 22.9 Å². The number of imidazole rings is 2. The summed E-state index contributed by atoms with van der Waals surface area (Å²) in [7, 11) is 0. The Balaban J connectivity index is 1.59. The van der Waals surface area contributed by atoms with Gasteiger partial charge in [-0.15, -0.1) is 0 Å². The third-order valence-corrected chi connectivity index (χ3v) is 4.88. The second-order valence-electron chi connectivity index (χ2n) is 6.61. The van der Waals surface area contributed by atoms with E-state index in [1.165, 1.54) is 6.33 Å². The van der Waals surface area contributed by atoms with Gasteiger partial charge in [0.25, 0.3) is 5.91 Å².